The van der Waals surface area contributed by atoms with Crippen molar-refractivity contribution >= 4 is 0 Å². The molecule has 0 fully saturated rings. The zero-order valence-corrected chi connectivity index (χ0v) is 17.1. The SMILES string of the molecule is COc1cc([C@H]2C(C#N)=C(N)Oc3n[nH]c(-c4ccc(F)cc4)c32)c(OC)c2c1OCO2. The summed E-state index contributed by atoms with van der Waals surface area (Å²) in [6, 6.07) is 9.72. The number of nitrogens with zero attached hydrogens (tertiary/aromatic N) is 2. The van der Waals surface area contributed by atoms with Crippen molar-refractivity contribution in [3.8, 4) is 46.2 Å². The van der Waals surface area contributed by atoms with Crippen LogP contribution in [0.5, 0.6) is 28.9 Å². The fraction of sp³-hybridized carbons (Fsp3) is 0.182. The smallest absolute Gasteiger partial charge is 0.244 e. The number of aromatic amines is 1. The Hall–Kier alpha value is -4.39. The first kappa shape index (κ1) is 19.6. The van der Waals surface area contributed by atoms with Gasteiger partial charge in [0.05, 0.1) is 31.4 Å². The summed E-state index contributed by atoms with van der Waals surface area (Å²) in [5.74, 6) is 0.539. The summed E-state index contributed by atoms with van der Waals surface area (Å²) >= 11 is 0. The molecule has 0 saturated carbocycles. The highest BCUT2D eigenvalue weighted by atomic mass is 19.1. The molecular weight excluding hydrogens is 419 g/mol. The van der Waals surface area contributed by atoms with Gasteiger partial charge in [0, 0.05) is 11.1 Å². The van der Waals surface area contributed by atoms with E-state index in [1.807, 2.05) is 0 Å². The van der Waals surface area contributed by atoms with Crippen LogP contribution in [0.1, 0.15) is 17.0 Å². The summed E-state index contributed by atoms with van der Waals surface area (Å²) < 4.78 is 41.5. The van der Waals surface area contributed by atoms with Gasteiger partial charge in [0.25, 0.3) is 0 Å². The van der Waals surface area contributed by atoms with E-state index in [-0.39, 0.29) is 29.9 Å². The molecule has 3 N–H and O–H groups in total. The number of allylic oxidation sites excluding steroid dienone is 1. The van der Waals surface area contributed by atoms with Crippen LogP contribution in [-0.2, 0) is 0 Å². The number of fused-ring (bicyclic) bond motifs is 2. The second kappa shape index (κ2) is 7.39. The van der Waals surface area contributed by atoms with Crippen molar-refractivity contribution in [1.29, 1.82) is 5.26 Å². The highest BCUT2D eigenvalue weighted by molar-refractivity contribution is 5.74. The van der Waals surface area contributed by atoms with Crippen molar-refractivity contribution in [2.24, 2.45) is 5.73 Å². The third-order valence-corrected chi connectivity index (χ3v) is 5.40. The molecule has 0 aliphatic carbocycles. The summed E-state index contributed by atoms with van der Waals surface area (Å²) in [4.78, 5) is 0. The minimum Gasteiger partial charge on any atom is -0.493 e. The number of H-pyrrole nitrogens is 1. The maximum atomic E-state index is 13.5. The van der Waals surface area contributed by atoms with Gasteiger partial charge in [-0.3, -0.25) is 5.10 Å². The monoisotopic (exact) mass is 436 g/mol. The summed E-state index contributed by atoms with van der Waals surface area (Å²) in [6.45, 7) is 0.000158. The molecule has 0 radical (unpaired) electrons. The largest absolute Gasteiger partial charge is 0.493 e. The molecule has 0 saturated heterocycles. The van der Waals surface area contributed by atoms with Crippen LogP contribution >= 0.6 is 0 Å². The number of halogens is 1. The molecule has 5 rings (SSSR count). The molecule has 162 valence electrons. The lowest BCUT2D eigenvalue weighted by Gasteiger charge is -2.26. The van der Waals surface area contributed by atoms with Crippen LogP contribution < -0.4 is 29.4 Å². The molecule has 2 aliphatic rings. The first-order valence-corrected chi connectivity index (χ1v) is 9.53. The lowest BCUT2D eigenvalue weighted by Crippen LogP contribution is -2.21. The minimum absolute atomic E-state index is 0.000158. The Labute approximate surface area is 181 Å². The maximum absolute atomic E-state index is 13.5. The van der Waals surface area contributed by atoms with Gasteiger partial charge in [-0.05, 0) is 30.3 Å². The van der Waals surface area contributed by atoms with Crippen molar-refractivity contribution in [1.82, 2.24) is 10.2 Å². The van der Waals surface area contributed by atoms with E-state index >= 15 is 0 Å². The van der Waals surface area contributed by atoms with Gasteiger partial charge in [-0.15, -0.1) is 5.10 Å². The minimum atomic E-state index is -0.735. The molecule has 3 heterocycles. The number of aromatic nitrogens is 2. The molecule has 0 bridgehead atoms. The van der Waals surface area contributed by atoms with Crippen LogP contribution in [-0.4, -0.2) is 31.2 Å². The van der Waals surface area contributed by atoms with Crippen LogP contribution in [0, 0.1) is 17.1 Å². The predicted molar refractivity (Wildman–Crippen MR) is 109 cm³/mol. The van der Waals surface area contributed by atoms with E-state index in [4.69, 9.17) is 29.4 Å². The molecule has 10 heteroatoms. The van der Waals surface area contributed by atoms with Gasteiger partial charge < -0.3 is 29.4 Å². The van der Waals surface area contributed by atoms with Gasteiger partial charge in [0.1, 0.15) is 17.5 Å². The Morgan fingerprint density at radius 3 is 2.62 bits per heavy atom. The topological polar surface area (TPSA) is 125 Å². The maximum Gasteiger partial charge on any atom is 0.244 e. The third-order valence-electron chi connectivity index (χ3n) is 5.40. The zero-order valence-electron chi connectivity index (χ0n) is 17.1. The number of rotatable bonds is 4. The van der Waals surface area contributed by atoms with Crippen LogP contribution in [0.4, 0.5) is 4.39 Å². The Balaban J connectivity index is 1.80. The summed E-state index contributed by atoms with van der Waals surface area (Å²) in [5, 5.41) is 17.1. The van der Waals surface area contributed by atoms with Crippen LogP contribution in [0.3, 0.4) is 0 Å². The molecule has 1 aromatic heterocycles. The Morgan fingerprint density at radius 2 is 1.94 bits per heavy atom. The van der Waals surface area contributed by atoms with Gasteiger partial charge >= 0.3 is 0 Å². The quantitative estimate of drug-likeness (QED) is 0.639. The fourth-order valence-electron chi connectivity index (χ4n) is 4.00. The number of ether oxygens (including phenoxy) is 5. The molecule has 32 heavy (non-hydrogen) atoms. The van der Waals surface area contributed by atoms with Crippen molar-refractivity contribution in [2.45, 2.75) is 5.92 Å². The Kier molecular flexibility index (Phi) is 4.52. The van der Waals surface area contributed by atoms with Crippen LogP contribution in [0.2, 0.25) is 0 Å². The first-order chi connectivity index (χ1) is 15.6. The molecular formula is C22H17FN4O5. The second-order valence-corrected chi connectivity index (χ2v) is 7.02. The molecule has 1 atom stereocenters. The summed E-state index contributed by atoms with van der Waals surface area (Å²) in [5.41, 5.74) is 8.52. The molecule has 9 nitrogen and oxygen atoms in total. The van der Waals surface area contributed by atoms with E-state index in [0.717, 1.165) is 0 Å². The van der Waals surface area contributed by atoms with Gasteiger partial charge in [0.2, 0.25) is 30.1 Å². The van der Waals surface area contributed by atoms with Crippen molar-refractivity contribution in [3.63, 3.8) is 0 Å². The number of hydrogen-bond acceptors (Lipinski definition) is 8. The third kappa shape index (κ3) is 2.79. The number of methoxy groups -OCH3 is 2. The van der Waals surface area contributed by atoms with E-state index in [9.17, 15) is 9.65 Å². The lowest BCUT2D eigenvalue weighted by molar-refractivity contribution is 0.168. The van der Waals surface area contributed by atoms with Crippen LogP contribution in [0.15, 0.2) is 41.8 Å². The van der Waals surface area contributed by atoms with Crippen molar-refractivity contribution in [3.05, 3.63) is 58.7 Å². The van der Waals surface area contributed by atoms with Gasteiger partial charge in [0.15, 0.2) is 11.5 Å². The van der Waals surface area contributed by atoms with E-state index in [1.54, 1.807) is 18.2 Å². The normalized spacial score (nSPS) is 16.2. The Bertz CT molecular complexity index is 1290. The number of benzene rings is 2. The average Bonchev–Trinajstić information content (AvgIpc) is 3.45. The highest BCUT2D eigenvalue weighted by Gasteiger charge is 2.40. The standard InChI is InChI=1S/C22H17FN4O5/c1-28-14-7-12(18(29-2)20-19(14)30-9-31-20)15-13(8-24)21(25)32-22-16(15)17(26-27-22)10-3-5-11(23)6-4-10/h3-7,15H,9,25H2,1-2H3,(H,26,27)/t15-/m0/s1. The molecule has 2 aliphatic heterocycles. The van der Waals surface area contributed by atoms with E-state index in [2.05, 4.69) is 16.3 Å². The predicted octanol–water partition coefficient (Wildman–Crippen LogP) is 3.18. The zero-order chi connectivity index (χ0) is 22.4. The molecule has 0 amide bonds. The van der Waals surface area contributed by atoms with Gasteiger partial charge in [-0.2, -0.15) is 5.26 Å². The van der Waals surface area contributed by atoms with E-state index in [0.29, 0.717) is 45.4 Å². The number of nitrogens with one attached hydrogen (secondary N) is 1. The highest BCUT2D eigenvalue weighted by Crippen LogP contribution is 2.55. The Morgan fingerprint density at radius 1 is 1.19 bits per heavy atom. The summed E-state index contributed by atoms with van der Waals surface area (Å²) in [6.07, 6.45) is 0. The number of nitriles is 1. The average molecular weight is 436 g/mol. The van der Waals surface area contributed by atoms with Crippen molar-refractivity contribution < 1.29 is 28.1 Å². The first-order valence-electron chi connectivity index (χ1n) is 9.53. The molecule has 0 unspecified atom stereocenters. The fourth-order valence-corrected chi connectivity index (χ4v) is 4.00. The summed E-state index contributed by atoms with van der Waals surface area (Å²) in [7, 11) is 2.99. The molecule has 0 spiro atoms. The van der Waals surface area contributed by atoms with E-state index < -0.39 is 5.92 Å². The van der Waals surface area contributed by atoms with Gasteiger partial charge in [-0.1, -0.05) is 0 Å². The molecule has 3 aromatic rings. The van der Waals surface area contributed by atoms with E-state index in [1.165, 1.54) is 26.4 Å². The number of hydrogen-bond donors (Lipinski definition) is 2. The number of nitrogens with two attached hydrogens (primary N) is 1. The van der Waals surface area contributed by atoms with Gasteiger partial charge in [-0.25, -0.2) is 4.39 Å². The molecule has 2 aromatic carbocycles. The van der Waals surface area contributed by atoms with Crippen molar-refractivity contribution in [2.75, 3.05) is 21.0 Å². The second-order valence-electron chi connectivity index (χ2n) is 7.02. The lowest BCUT2D eigenvalue weighted by atomic mass is 9.82. The van der Waals surface area contributed by atoms with Crippen LogP contribution in [0.25, 0.3) is 11.3 Å².